The lowest BCUT2D eigenvalue weighted by molar-refractivity contribution is -0.122. The lowest BCUT2D eigenvalue weighted by Gasteiger charge is -2.09. The molecule has 0 aliphatic carbocycles. The highest BCUT2D eigenvalue weighted by Gasteiger charge is 2.34. The van der Waals surface area contributed by atoms with Crippen LogP contribution in [0.3, 0.4) is 0 Å². The second kappa shape index (κ2) is 7.19. The van der Waals surface area contributed by atoms with Crippen LogP contribution >= 0.6 is 34.4 Å². The van der Waals surface area contributed by atoms with Gasteiger partial charge in [0.2, 0.25) is 0 Å². The summed E-state index contributed by atoms with van der Waals surface area (Å²) in [7, 11) is 0. The molecule has 0 saturated carbocycles. The molecule has 1 fully saturated rings. The van der Waals surface area contributed by atoms with E-state index >= 15 is 0 Å². The summed E-state index contributed by atoms with van der Waals surface area (Å²) in [5.74, 6) is 0.0845. The highest BCUT2D eigenvalue weighted by Crippen LogP contribution is 2.36. The van der Waals surface area contributed by atoms with E-state index < -0.39 is 0 Å². The number of ether oxygens (including phenoxy) is 1. The number of carbonyl (C=O) groups excluding carboxylic acids is 2. The Morgan fingerprint density at radius 3 is 2.82 bits per heavy atom. The molecule has 0 spiro atoms. The molecule has 0 bridgehead atoms. The van der Waals surface area contributed by atoms with Gasteiger partial charge < -0.3 is 9.84 Å². The molecular formula is C15H14INO4S. The van der Waals surface area contributed by atoms with Gasteiger partial charge in [-0.1, -0.05) is 6.08 Å². The number of hydrogen-bond acceptors (Lipinski definition) is 5. The van der Waals surface area contributed by atoms with Crippen LogP contribution in [0.4, 0.5) is 4.79 Å². The fraction of sp³-hybridized carbons (Fsp3) is 0.200. The Bertz CT molecular complexity index is 672. The highest BCUT2D eigenvalue weighted by molar-refractivity contribution is 14.1. The van der Waals surface area contributed by atoms with Gasteiger partial charge in [0.1, 0.15) is 0 Å². The lowest BCUT2D eigenvalue weighted by Crippen LogP contribution is -2.27. The maximum atomic E-state index is 12.2. The molecule has 0 atom stereocenters. The fourth-order valence-electron chi connectivity index (χ4n) is 1.88. The molecule has 5 nitrogen and oxygen atoms in total. The number of benzene rings is 1. The molecule has 7 heteroatoms. The average Bonchev–Trinajstić information content (AvgIpc) is 2.72. The lowest BCUT2D eigenvalue weighted by atomic mass is 10.2. The van der Waals surface area contributed by atoms with Crippen molar-refractivity contribution in [2.24, 2.45) is 0 Å². The zero-order valence-electron chi connectivity index (χ0n) is 11.8. The van der Waals surface area contributed by atoms with Crippen LogP contribution in [0, 0.1) is 3.57 Å². The van der Waals surface area contributed by atoms with Crippen molar-refractivity contribution in [3.63, 3.8) is 0 Å². The Morgan fingerprint density at radius 2 is 2.18 bits per heavy atom. The summed E-state index contributed by atoms with van der Waals surface area (Å²) in [5, 5.41) is 9.61. The molecular weight excluding hydrogens is 417 g/mol. The topological polar surface area (TPSA) is 66.8 Å². The molecule has 22 heavy (non-hydrogen) atoms. The molecule has 2 amide bonds. The first-order valence-corrected chi connectivity index (χ1v) is 8.39. The monoisotopic (exact) mass is 431 g/mol. The minimum absolute atomic E-state index is 0.0689. The average molecular weight is 431 g/mol. The predicted molar refractivity (Wildman–Crippen MR) is 94.9 cm³/mol. The van der Waals surface area contributed by atoms with Crippen LogP contribution in [0.2, 0.25) is 0 Å². The molecule has 1 aliphatic rings. The highest BCUT2D eigenvalue weighted by atomic mass is 127. The van der Waals surface area contributed by atoms with Crippen molar-refractivity contribution in [2.75, 3.05) is 13.2 Å². The van der Waals surface area contributed by atoms with E-state index in [1.807, 2.05) is 29.5 Å². The molecule has 1 N–H and O–H groups in total. The van der Waals surface area contributed by atoms with Crippen molar-refractivity contribution >= 4 is 51.6 Å². The number of imide groups is 1. The zero-order chi connectivity index (χ0) is 16.3. The molecule has 1 aliphatic heterocycles. The number of rotatable bonds is 5. The molecule has 2 rings (SSSR count). The molecule has 0 aromatic heterocycles. The van der Waals surface area contributed by atoms with E-state index in [0.717, 1.165) is 16.7 Å². The van der Waals surface area contributed by atoms with E-state index in [9.17, 15) is 14.7 Å². The van der Waals surface area contributed by atoms with Crippen molar-refractivity contribution in [1.29, 1.82) is 0 Å². The first-order chi connectivity index (χ1) is 10.5. The summed E-state index contributed by atoms with van der Waals surface area (Å²) in [6.07, 6.45) is 3.13. The van der Waals surface area contributed by atoms with Crippen LogP contribution in [0.1, 0.15) is 12.5 Å². The van der Waals surface area contributed by atoms with Gasteiger partial charge in [-0.15, -0.1) is 6.58 Å². The fourth-order valence-corrected chi connectivity index (χ4v) is 3.35. The van der Waals surface area contributed by atoms with Crippen LogP contribution in [-0.2, 0) is 4.79 Å². The van der Waals surface area contributed by atoms with E-state index in [-0.39, 0.29) is 23.4 Å². The van der Waals surface area contributed by atoms with Gasteiger partial charge in [0.15, 0.2) is 11.5 Å². The Morgan fingerprint density at radius 1 is 1.45 bits per heavy atom. The van der Waals surface area contributed by atoms with Gasteiger partial charge in [-0.3, -0.25) is 14.5 Å². The number of aromatic hydroxyl groups is 1. The van der Waals surface area contributed by atoms with Crippen molar-refractivity contribution in [3.05, 3.63) is 38.8 Å². The van der Waals surface area contributed by atoms with E-state index in [4.69, 9.17) is 4.74 Å². The standard InChI is InChI=1S/C15H14INO4S/c1-3-5-17-14(19)12(22-15(17)20)8-9-6-10(16)13(18)11(7-9)21-4-2/h3,6-8,18H,1,4-5H2,2H3/b12-8-. The minimum Gasteiger partial charge on any atom is -0.504 e. The van der Waals surface area contributed by atoms with Gasteiger partial charge in [0.25, 0.3) is 11.1 Å². The number of carbonyl (C=O) groups is 2. The summed E-state index contributed by atoms with van der Waals surface area (Å²) < 4.78 is 5.98. The number of phenolic OH excluding ortho intramolecular Hbond substituents is 1. The summed E-state index contributed by atoms with van der Waals surface area (Å²) in [6.45, 7) is 5.97. The number of phenols is 1. The van der Waals surface area contributed by atoms with Gasteiger partial charge in [-0.05, 0) is 65.0 Å². The van der Waals surface area contributed by atoms with Gasteiger partial charge in [-0.25, -0.2) is 0 Å². The van der Waals surface area contributed by atoms with Crippen molar-refractivity contribution in [2.45, 2.75) is 6.92 Å². The van der Waals surface area contributed by atoms with Crippen LogP contribution < -0.4 is 4.74 Å². The SMILES string of the molecule is C=CCN1C(=O)S/C(=C\c2cc(I)c(O)c(OCC)c2)C1=O. The number of nitrogens with zero attached hydrogens (tertiary/aromatic N) is 1. The Balaban J connectivity index is 2.35. The molecule has 1 aromatic rings. The first-order valence-electron chi connectivity index (χ1n) is 6.49. The van der Waals surface area contributed by atoms with E-state index in [1.54, 1.807) is 18.2 Å². The largest absolute Gasteiger partial charge is 0.504 e. The van der Waals surface area contributed by atoms with Crippen LogP contribution in [0.15, 0.2) is 29.7 Å². The minimum atomic E-state index is -0.337. The number of thioether (sulfide) groups is 1. The van der Waals surface area contributed by atoms with E-state index in [2.05, 4.69) is 6.58 Å². The molecule has 1 heterocycles. The molecule has 1 aromatic carbocycles. The smallest absolute Gasteiger partial charge is 0.293 e. The van der Waals surface area contributed by atoms with Gasteiger partial charge in [0.05, 0.1) is 15.1 Å². The number of halogens is 1. The molecule has 116 valence electrons. The Labute approximate surface area is 146 Å². The van der Waals surface area contributed by atoms with E-state index in [1.165, 1.54) is 6.08 Å². The van der Waals surface area contributed by atoms with Crippen molar-refractivity contribution < 1.29 is 19.4 Å². The normalized spacial score (nSPS) is 16.5. The van der Waals surface area contributed by atoms with Crippen LogP contribution in [0.25, 0.3) is 6.08 Å². The Hall–Kier alpha value is -1.48. The second-order valence-electron chi connectivity index (χ2n) is 4.36. The molecule has 1 saturated heterocycles. The quantitative estimate of drug-likeness (QED) is 0.439. The third-order valence-corrected chi connectivity index (χ3v) is 4.56. The maximum absolute atomic E-state index is 12.2. The van der Waals surface area contributed by atoms with Gasteiger partial charge in [0, 0.05) is 6.54 Å². The zero-order valence-corrected chi connectivity index (χ0v) is 14.8. The van der Waals surface area contributed by atoms with E-state index in [0.29, 0.717) is 26.4 Å². The van der Waals surface area contributed by atoms with Crippen molar-refractivity contribution in [1.82, 2.24) is 4.90 Å². The maximum Gasteiger partial charge on any atom is 0.293 e. The second-order valence-corrected chi connectivity index (χ2v) is 6.52. The van der Waals surface area contributed by atoms with Crippen LogP contribution in [0.5, 0.6) is 11.5 Å². The summed E-state index contributed by atoms with van der Waals surface area (Å²) in [5.41, 5.74) is 0.690. The predicted octanol–water partition coefficient (Wildman–Crippen LogP) is 3.62. The third kappa shape index (κ3) is 3.46. The molecule has 0 unspecified atom stereocenters. The van der Waals surface area contributed by atoms with Gasteiger partial charge >= 0.3 is 0 Å². The summed E-state index contributed by atoms with van der Waals surface area (Å²) in [4.78, 5) is 25.4. The van der Waals surface area contributed by atoms with Crippen molar-refractivity contribution in [3.8, 4) is 11.5 Å². The first kappa shape index (κ1) is 16.9. The summed E-state index contributed by atoms with van der Waals surface area (Å²) in [6, 6.07) is 3.36. The Kier molecular flexibility index (Phi) is 5.52. The summed E-state index contributed by atoms with van der Waals surface area (Å²) >= 11 is 2.88. The molecule has 0 radical (unpaired) electrons. The number of hydrogen-bond donors (Lipinski definition) is 1. The van der Waals surface area contributed by atoms with Gasteiger partial charge in [-0.2, -0.15) is 0 Å². The van der Waals surface area contributed by atoms with Crippen LogP contribution in [-0.4, -0.2) is 34.3 Å². The third-order valence-electron chi connectivity index (χ3n) is 2.83. The number of amides is 2.